The van der Waals surface area contributed by atoms with E-state index >= 15 is 0 Å². The maximum atomic E-state index is 12.9. The second-order valence-electron chi connectivity index (χ2n) is 11.3. The number of aromatic nitrogens is 3. The number of rotatable bonds is 9. The van der Waals surface area contributed by atoms with Gasteiger partial charge in [-0.25, -0.2) is 9.67 Å². The standard InChI is InChI=1S/C34H33F3N6O2S2/c1-21(2)28-17-8-22(3)18-29(28)43-30(44)19-47-33(43)40-32(46)39-23(4)6-5-7-24-9-11-25(12-10-24)31-38-20-42(41-31)26-13-15-27(16-14-26)45-34(35,36)37/h5,7-18,20-21,23H,6,19H2,1-4H3,(H,39,46)/b7-5+,40-33-. The van der Waals surface area contributed by atoms with E-state index in [9.17, 15) is 18.0 Å². The van der Waals surface area contributed by atoms with E-state index in [2.05, 4.69) is 51.1 Å². The fraction of sp³-hybridized carbons (Fsp3) is 0.265. The third-order valence-electron chi connectivity index (χ3n) is 7.18. The molecule has 0 saturated carbocycles. The van der Waals surface area contributed by atoms with Crippen molar-refractivity contribution in [2.75, 3.05) is 10.7 Å². The Kier molecular flexibility index (Phi) is 10.5. The summed E-state index contributed by atoms with van der Waals surface area (Å²) in [5.74, 6) is 0.729. The van der Waals surface area contributed by atoms with Crippen molar-refractivity contribution in [3.8, 4) is 22.8 Å². The van der Waals surface area contributed by atoms with Gasteiger partial charge in [0, 0.05) is 11.6 Å². The van der Waals surface area contributed by atoms with Crippen LogP contribution in [0.4, 0.5) is 18.9 Å². The lowest BCUT2D eigenvalue weighted by Gasteiger charge is -2.22. The summed E-state index contributed by atoms with van der Waals surface area (Å²) >= 11 is 6.93. The molecular formula is C34H33F3N6O2S2. The predicted octanol–water partition coefficient (Wildman–Crippen LogP) is 8.07. The molecule has 1 atom stereocenters. The quantitative estimate of drug-likeness (QED) is 0.179. The number of aliphatic imine (C=N–C) groups is 1. The monoisotopic (exact) mass is 678 g/mol. The number of carbonyl (C=O) groups excluding carboxylic acids is 1. The average Bonchev–Trinajstić information content (AvgIpc) is 3.64. The lowest BCUT2D eigenvalue weighted by atomic mass is 9.99. The molecule has 1 aliphatic heterocycles. The smallest absolute Gasteiger partial charge is 0.406 e. The van der Waals surface area contributed by atoms with E-state index in [1.807, 2.05) is 56.3 Å². The molecule has 4 aromatic rings. The number of thioether (sulfide) groups is 1. The summed E-state index contributed by atoms with van der Waals surface area (Å²) < 4.78 is 42.7. The van der Waals surface area contributed by atoms with Gasteiger partial charge in [-0.05, 0) is 85.4 Å². The maximum Gasteiger partial charge on any atom is 0.573 e. The van der Waals surface area contributed by atoms with Crippen molar-refractivity contribution >= 4 is 51.9 Å². The molecule has 0 bridgehead atoms. The third-order valence-corrected chi connectivity index (χ3v) is 8.31. The Morgan fingerprint density at radius 1 is 1.11 bits per heavy atom. The van der Waals surface area contributed by atoms with Crippen molar-refractivity contribution in [2.24, 2.45) is 4.99 Å². The molecule has 0 radical (unpaired) electrons. The van der Waals surface area contributed by atoms with Gasteiger partial charge in [-0.15, -0.1) is 18.3 Å². The topological polar surface area (TPSA) is 84.6 Å². The van der Waals surface area contributed by atoms with Crippen molar-refractivity contribution < 1.29 is 22.7 Å². The normalized spacial score (nSPS) is 15.2. The van der Waals surface area contributed by atoms with Crippen molar-refractivity contribution in [1.82, 2.24) is 20.1 Å². The van der Waals surface area contributed by atoms with E-state index in [1.54, 1.807) is 4.90 Å². The van der Waals surface area contributed by atoms with Crippen LogP contribution < -0.4 is 15.0 Å². The summed E-state index contributed by atoms with van der Waals surface area (Å²) in [5.41, 5.74) is 5.34. The number of benzene rings is 3. The first-order valence-corrected chi connectivity index (χ1v) is 16.3. The van der Waals surface area contributed by atoms with Gasteiger partial charge in [-0.3, -0.25) is 9.69 Å². The SMILES string of the molecule is Cc1ccc(C(C)C)c(N2C(=O)CS/C2=N\C(=S)NC(C)C/C=C/c2ccc(-c3ncn(-c4ccc(OC(F)(F)F)cc4)n3)cc2)c1. The molecule has 8 nitrogen and oxygen atoms in total. The molecule has 1 N–H and O–H groups in total. The van der Waals surface area contributed by atoms with Gasteiger partial charge in [0.05, 0.1) is 17.1 Å². The van der Waals surface area contributed by atoms with E-state index in [-0.39, 0.29) is 23.6 Å². The van der Waals surface area contributed by atoms with Gasteiger partial charge in [0.25, 0.3) is 0 Å². The summed E-state index contributed by atoms with van der Waals surface area (Å²) in [6.45, 7) is 8.24. The summed E-state index contributed by atoms with van der Waals surface area (Å²) in [4.78, 5) is 23.5. The van der Waals surface area contributed by atoms with Crippen LogP contribution in [-0.2, 0) is 4.79 Å². The van der Waals surface area contributed by atoms with E-state index in [0.29, 0.717) is 34.0 Å². The highest BCUT2D eigenvalue weighted by molar-refractivity contribution is 8.15. The molecule has 1 saturated heterocycles. The second-order valence-corrected chi connectivity index (χ2v) is 12.6. The number of amides is 1. The molecule has 244 valence electrons. The Labute approximate surface area is 280 Å². The molecule has 2 heterocycles. The molecule has 1 unspecified atom stereocenters. The number of alkyl halides is 3. The van der Waals surface area contributed by atoms with Crippen LogP contribution in [0.3, 0.4) is 0 Å². The fourth-order valence-corrected chi connectivity index (χ4v) is 6.09. The van der Waals surface area contributed by atoms with Crippen LogP contribution in [0, 0.1) is 6.92 Å². The van der Waals surface area contributed by atoms with Gasteiger partial charge in [0.1, 0.15) is 12.1 Å². The third kappa shape index (κ3) is 8.86. The number of carbonyl (C=O) groups is 1. The van der Waals surface area contributed by atoms with E-state index in [0.717, 1.165) is 27.9 Å². The van der Waals surface area contributed by atoms with Gasteiger partial charge >= 0.3 is 6.36 Å². The molecule has 47 heavy (non-hydrogen) atoms. The van der Waals surface area contributed by atoms with Crippen LogP contribution in [0.1, 0.15) is 49.8 Å². The number of nitrogens with one attached hydrogen (secondary N) is 1. The summed E-state index contributed by atoms with van der Waals surface area (Å²) in [6, 6.07) is 19.2. The van der Waals surface area contributed by atoms with E-state index < -0.39 is 6.36 Å². The van der Waals surface area contributed by atoms with Crippen molar-refractivity contribution in [1.29, 1.82) is 0 Å². The minimum absolute atomic E-state index is 0.00498. The lowest BCUT2D eigenvalue weighted by Crippen LogP contribution is -2.34. The van der Waals surface area contributed by atoms with Gasteiger partial charge < -0.3 is 10.1 Å². The first-order valence-electron chi connectivity index (χ1n) is 14.9. The van der Waals surface area contributed by atoms with Crippen molar-refractivity contribution in [2.45, 2.75) is 52.4 Å². The van der Waals surface area contributed by atoms with Crippen LogP contribution in [0.15, 0.2) is 84.1 Å². The zero-order valence-electron chi connectivity index (χ0n) is 26.2. The minimum Gasteiger partial charge on any atom is -0.406 e. The molecule has 13 heteroatoms. The number of nitrogens with zero attached hydrogens (tertiary/aromatic N) is 5. The Morgan fingerprint density at radius 3 is 2.51 bits per heavy atom. The highest BCUT2D eigenvalue weighted by Gasteiger charge is 2.32. The van der Waals surface area contributed by atoms with Crippen LogP contribution in [0.25, 0.3) is 23.2 Å². The van der Waals surface area contributed by atoms with Gasteiger partial charge in [-0.1, -0.05) is 74.2 Å². The largest absolute Gasteiger partial charge is 0.573 e. The molecule has 0 spiro atoms. The Bertz CT molecular complexity index is 1800. The van der Waals surface area contributed by atoms with E-state index in [4.69, 9.17) is 12.2 Å². The molecular weight excluding hydrogens is 646 g/mol. The van der Waals surface area contributed by atoms with Crippen LogP contribution in [0.5, 0.6) is 5.75 Å². The van der Waals surface area contributed by atoms with Crippen LogP contribution in [-0.4, -0.2) is 49.1 Å². The summed E-state index contributed by atoms with van der Waals surface area (Å²) in [7, 11) is 0. The number of anilines is 1. The number of ether oxygens (including phenoxy) is 1. The first-order chi connectivity index (χ1) is 22.4. The maximum absolute atomic E-state index is 12.9. The zero-order valence-corrected chi connectivity index (χ0v) is 27.8. The number of thiocarbonyl (C=S) groups is 1. The Hall–Kier alpha value is -4.49. The summed E-state index contributed by atoms with van der Waals surface area (Å²) in [6.07, 6.45) is 1.49. The molecule has 1 fully saturated rings. The lowest BCUT2D eigenvalue weighted by molar-refractivity contribution is -0.274. The molecule has 3 aromatic carbocycles. The minimum atomic E-state index is -4.75. The number of halogens is 3. The highest BCUT2D eigenvalue weighted by atomic mass is 32.2. The molecule has 1 aromatic heterocycles. The average molecular weight is 679 g/mol. The van der Waals surface area contributed by atoms with Crippen LogP contribution >= 0.6 is 24.0 Å². The number of aryl methyl sites for hydroxylation is 1. The summed E-state index contributed by atoms with van der Waals surface area (Å²) in [5, 5.41) is 8.61. The molecule has 5 rings (SSSR count). The number of hydrogen-bond acceptors (Lipinski definition) is 6. The predicted molar refractivity (Wildman–Crippen MR) is 185 cm³/mol. The number of amidine groups is 1. The van der Waals surface area contributed by atoms with Gasteiger partial charge in [-0.2, -0.15) is 4.99 Å². The Morgan fingerprint density at radius 2 is 1.83 bits per heavy atom. The van der Waals surface area contributed by atoms with Crippen molar-refractivity contribution in [3.63, 3.8) is 0 Å². The molecule has 1 amide bonds. The molecule has 1 aliphatic rings. The van der Waals surface area contributed by atoms with E-state index in [1.165, 1.54) is 47.0 Å². The first kappa shape index (κ1) is 33.9. The molecule has 0 aliphatic carbocycles. The second kappa shape index (κ2) is 14.5. The Balaban J connectivity index is 1.16. The van der Waals surface area contributed by atoms with Crippen molar-refractivity contribution in [3.05, 3.63) is 95.8 Å². The zero-order chi connectivity index (χ0) is 33.7. The van der Waals surface area contributed by atoms with Gasteiger partial charge in [0.2, 0.25) is 5.91 Å². The number of hydrogen-bond donors (Lipinski definition) is 1. The van der Waals surface area contributed by atoms with Gasteiger partial charge in [0.15, 0.2) is 16.1 Å². The fourth-order valence-electron chi connectivity index (χ4n) is 4.88. The highest BCUT2D eigenvalue weighted by Crippen LogP contribution is 2.34. The van der Waals surface area contributed by atoms with Crippen LogP contribution in [0.2, 0.25) is 0 Å².